The topological polar surface area (TPSA) is 95.5 Å². The summed E-state index contributed by atoms with van der Waals surface area (Å²) in [5.74, 6) is -1.37. The lowest BCUT2D eigenvalue weighted by molar-refractivity contribution is -0.137. The zero-order chi connectivity index (χ0) is 19.6. The van der Waals surface area contributed by atoms with Gasteiger partial charge in [0.15, 0.2) is 0 Å². The third-order valence-electron chi connectivity index (χ3n) is 4.05. The standard InChI is InChI=1S/C21H24N2O4/c1-15-5-7-16(8-6-15)9-11-19(24)22-14-20(25)23-18-4-2-3-17(13-18)10-12-21(26)27/h2-8,13H,9-12,14H2,1H3,(H,22,24)(H,23,25)(H,26,27). The van der Waals surface area contributed by atoms with E-state index in [-0.39, 0.29) is 24.8 Å². The number of hydrogen-bond acceptors (Lipinski definition) is 3. The van der Waals surface area contributed by atoms with Crippen molar-refractivity contribution in [3.8, 4) is 0 Å². The summed E-state index contributed by atoms with van der Waals surface area (Å²) in [7, 11) is 0. The van der Waals surface area contributed by atoms with Gasteiger partial charge in [-0.2, -0.15) is 0 Å². The van der Waals surface area contributed by atoms with Crippen LogP contribution in [-0.2, 0) is 27.2 Å². The lowest BCUT2D eigenvalue weighted by atomic mass is 10.1. The van der Waals surface area contributed by atoms with Crippen molar-refractivity contribution in [3.63, 3.8) is 0 Å². The van der Waals surface area contributed by atoms with E-state index in [4.69, 9.17) is 5.11 Å². The number of nitrogens with one attached hydrogen (secondary N) is 2. The van der Waals surface area contributed by atoms with Gasteiger partial charge in [-0.25, -0.2) is 0 Å². The summed E-state index contributed by atoms with van der Waals surface area (Å²) >= 11 is 0. The molecular weight excluding hydrogens is 344 g/mol. The number of amides is 2. The molecule has 0 radical (unpaired) electrons. The lowest BCUT2D eigenvalue weighted by Gasteiger charge is -2.08. The third kappa shape index (κ3) is 7.73. The Morgan fingerprint density at radius 3 is 2.30 bits per heavy atom. The highest BCUT2D eigenvalue weighted by molar-refractivity contribution is 5.94. The second-order valence-corrected chi connectivity index (χ2v) is 6.40. The van der Waals surface area contributed by atoms with Crippen LogP contribution in [0.25, 0.3) is 0 Å². The van der Waals surface area contributed by atoms with Gasteiger partial charge in [-0.1, -0.05) is 42.0 Å². The van der Waals surface area contributed by atoms with Gasteiger partial charge < -0.3 is 15.7 Å². The smallest absolute Gasteiger partial charge is 0.303 e. The normalized spacial score (nSPS) is 10.3. The average Bonchev–Trinajstić information content (AvgIpc) is 2.64. The first-order chi connectivity index (χ1) is 12.9. The second kappa shape index (κ2) is 10.1. The number of carboxylic acids is 1. The molecule has 0 spiro atoms. The van der Waals surface area contributed by atoms with Gasteiger partial charge in [0, 0.05) is 18.5 Å². The molecule has 0 unspecified atom stereocenters. The molecule has 6 nitrogen and oxygen atoms in total. The van der Waals surface area contributed by atoms with Crippen LogP contribution in [0.15, 0.2) is 48.5 Å². The van der Waals surface area contributed by atoms with Crippen molar-refractivity contribution in [2.75, 3.05) is 11.9 Å². The van der Waals surface area contributed by atoms with Gasteiger partial charge in [-0.3, -0.25) is 14.4 Å². The largest absolute Gasteiger partial charge is 0.481 e. The van der Waals surface area contributed by atoms with E-state index < -0.39 is 5.97 Å². The minimum atomic E-state index is -0.863. The predicted octanol–water partition coefficient (Wildman–Crippen LogP) is 2.70. The number of aliphatic carboxylic acids is 1. The van der Waals surface area contributed by atoms with Crippen LogP contribution in [0.5, 0.6) is 0 Å². The van der Waals surface area contributed by atoms with Crippen LogP contribution in [0, 0.1) is 6.92 Å². The van der Waals surface area contributed by atoms with E-state index in [0.717, 1.165) is 11.1 Å². The number of carbonyl (C=O) groups excluding carboxylic acids is 2. The Morgan fingerprint density at radius 2 is 1.59 bits per heavy atom. The summed E-state index contributed by atoms with van der Waals surface area (Å²) < 4.78 is 0. The molecule has 0 bridgehead atoms. The highest BCUT2D eigenvalue weighted by Crippen LogP contribution is 2.12. The molecule has 0 heterocycles. The summed E-state index contributed by atoms with van der Waals surface area (Å²) in [6.07, 6.45) is 1.38. The van der Waals surface area contributed by atoms with Gasteiger partial charge in [0.2, 0.25) is 11.8 Å². The Bertz CT molecular complexity index is 800. The fourth-order valence-electron chi connectivity index (χ4n) is 2.54. The first-order valence-electron chi connectivity index (χ1n) is 8.85. The van der Waals surface area contributed by atoms with E-state index >= 15 is 0 Å². The van der Waals surface area contributed by atoms with Crippen molar-refractivity contribution in [1.82, 2.24) is 5.32 Å². The predicted molar refractivity (Wildman–Crippen MR) is 104 cm³/mol. The maximum absolute atomic E-state index is 12.0. The minimum absolute atomic E-state index is 0.0362. The lowest BCUT2D eigenvalue weighted by Crippen LogP contribution is -2.33. The highest BCUT2D eigenvalue weighted by Gasteiger charge is 2.07. The Labute approximate surface area is 158 Å². The maximum Gasteiger partial charge on any atom is 0.303 e. The number of benzene rings is 2. The number of carbonyl (C=O) groups is 3. The first-order valence-corrected chi connectivity index (χ1v) is 8.85. The van der Waals surface area contributed by atoms with E-state index in [2.05, 4.69) is 10.6 Å². The molecule has 2 aromatic rings. The number of anilines is 1. The zero-order valence-electron chi connectivity index (χ0n) is 15.3. The van der Waals surface area contributed by atoms with Crippen LogP contribution in [-0.4, -0.2) is 29.4 Å². The molecule has 0 saturated carbocycles. The molecule has 142 valence electrons. The maximum atomic E-state index is 12.0. The average molecular weight is 368 g/mol. The molecule has 6 heteroatoms. The van der Waals surface area contributed by atoms with Gasteiger partial charge >= 0.3 is 5.97 Å². The van der Waals surface area contributed by atoms with Crippen LogP contribution in [0.2, 0.25) is 0 Å². The quantitative estimate of drug-likeness (QED) is 0.634. The monoisotopic (exact) mass is 368 g/mol. The van der Waals surface area contributed by atoms with E-state index in [1.165, 1.54) is 5.56 Å². The van der Waals surface area contributed by atoms with Gasteiger partial charge in [0.05, 0.1) is 6.54 Å². The highest BCUT2D eigenvalue weighted by atomic mass is 16.4. The Balaban J connectivity index is 1.73. The van der Waals surface area contributed by atoms with Gasteiger partial charge in [0.25, 0.3) is 0 Å². The summed E-state index contributed by atoms with van der Waals surface area (Å²) in [5, 5.41) is 14.0. The van der Waals surface area contributed by atoms with Crippen LogP contribution < -0.4 is 10.6 Å². The number of rotatable bonds is 9. The van der Waals surface area contributed by atoms with Gasteiger partial charge in [0.1, 0.15) is 0 Å². The van der Waals surface area contributed by atoms with Crippen molar-refractivity contribution in [2.24, 2.45) is 0 Å². The van der Waals surface area contributed by atoms with Crippen molar-refractivity contribution >= 4 is 23.5 Å². The molecule has 2 amide bonds. The fourth-order valence-corrected chi connectivity index (χ4v) is 2.54. The summed E-state index contributed by atoms with van der Waals surface area (Å²) in [6, 6.07) is 15.0. The van der Waals surface area contributed by atoms with Crippen LogP contribution in [0.1, 0.15) is 29.5 Å². The number of aryl methyl sites for hydroxylation is 3. The molecular formula is C21H24N2O4. The van der Waals surface area contributed by atoms with E-state index in [9.17, 15) is 14.4 Å². The third-order valence-corrected chi connectivity index (χ3v) is 4.05. The second-order valence-electron chi connectivity index (χ2n) is 6.40. The molecule has 0 aromatic heterocycles. The summed E-state index contributed by atoms with van der Waals surface area (Å²) in [5.41, 5.74) is 3.67. The van der Waals surface area contributed by atoms with Crippen molar-refractivity contribution < 1.29 is 19.5 Å². The van der Waals surface area contributed by atoms with Gasteiger partial charge in [-0.15, -0.1) is 0 Å². The SMILES string of the molecule is Cc1ccc(CCC(=O)NCC(=O)Nc2cccc(CCC(=O)O)c2)cc1. The molecule has 0 atom stereocenters. The summed E-state index contributed by atoms with van der Waals surface area (Å²) in [6.45, 7) is 1.91. The fraction of sp³-hybridized carbons (Fsp3) is 0.286. The molecule has 0 aliphatic heterocycles. The van der Waals surface area contributed by atoms with Gasteiger partial charge in [-0.05, 0) is 43.0 Å². The Hall–Kier alpha value is -3.15. The zero-order valence-corrected chi connectivity index (χ0v) is 15.3. The number of hydrogen-bond donors (Lipinski definition) is 3. The van der Waals surface area contributed by atoms with Crippen molar-refractivity contribution in [2.45, 2.75) is 32.6 Å². The Kier molecular flexibility index (Phi) is 7.55. The molecule has 2 rings (SSSR count). The summed E-state index contributed by atoms with van der Waals surface area (Å²) in [4.78, 5) is 34.5. The molecule has 0 aliphatic rings. The molecule has 0 fully saturated rings. The molecule has 27 heavy (non-hydrogen) atoms. The van der Waals surface area contributed by atoms with Crippen molar-refractivity contribution in [1.29, 1.82) is 0 Å². The molecule has 0 saturated heterocycles. The molecule has 0 aliphatic carbocycles. The number of carboxylic acid groups (broad SMARTS) is 1. The first kappa shape index (κ1) is 20.2. The van der Waals surface area contributed by atoms with Crippen LogP contribution in [0.4, 0.5) is 5.69 Å². The van der Waals surface area contributed by atoms with Crippen LogP contribution in [0.3, 0.4) is 0 Å². The molecule has 2 aromatic carbocycles. The molecule has 3 N–H and O–H groups in total. The minimum Gasteiger partial charge on any atom is -0.481 e. The van der Waals surface area contributed by atoms with E-state index in [1.807, 2.05) is 37.3 Å². The van der Waals surface area contributed by atoms with Crippen LogP contribution >= 0.6 is 0 Å². The van der Waals surface area contributed by atoms with E-state index in [1.54, 1.807) is 18.2 Å². The van der Waals surface area contributed by atoms with E-state index in [0.29, 0.717) is 24.9 Å². The Morgan fingerprint density at radius 1 is 0.889 bits per heavy atom. The van der Waals surface area contributed by atoms with Crippen molar-refractivity contribution in [3.05, 3.63) is 65.2 Å².